The Hall–Kier alpha value is -2.82. The number of nitrogen functional groups attached to an aromatic ring is 1. The molecule has 0 aliphatic carbocycles. The predicted octanol–water partition coefficient (Wildman–Crippen LogP) is 3.32. The van der Waals surface area contributed by atoms with Crippen LogP contribution in [0, 0.1) is 0 Å². The van der Waals surface area contributed by atoms with Gasteiger partial charge >= 0.3 is 0 Å². The fourth-order valence-corrected chi connectivity index (χ4v) is 3.04. The molecule has 0 radical (unpaired) electrons. The summed E-state index contributed by atoms with van der Waals surface area (Å²) in [6, 6.07) is 9.49. The smallest absolute Gasteiger partial charge is 0.234 e. The molecule has 3 aromatic rings. The lowest BCUT2D eigenvalue weighted by Crippen LogP contribution is -2.28. The van der Waals surface area contributed by atoms with Crippen LogP contribution in [0.3, 0.4) is 0 Å². The van der Waals surface area contributed by atoms with E-state index in [0.29, 0.717) is 18.5 Å². The first-order chi connectivity index (χ1) is 11.2. The van der Waals surface area contributed by atoms with Crippen LogP contribution in [0.2, 0.25) is 0 Å². The number of furan rings is 1. The molecule has 23 heavy (non-hydrogen) atoms. The minimum Gasteiger partial charge on any atom is -0.464 e. The molecular formula is C18H18N2O3. The van der Waals surface area contributed by atoms with Gasteiger partial charge in [-0.15, -0.1) is 0 Å². The molecule has 0 spiro atoms. The summed E-state index contributed by atoms with van der Waals surface area (Å²) >= 11 is 0. The van der Waals surface area contributed by atoms with Crippen molar-refractivity contribution in [3.05, 3.63) is 42.2 Å². The Morgan fingerprint density at radius 2 is 2.17 bits per heavy atom. The third-order valence-corrected chi connectivity index (χ3v) is 4.08. The molecule has 1 heterocycles. The maximum absolute atomic E-state index is 12.3. The highest BCUT2D eigenvalue weighted by molar-refractivity contribution is 6.10. The summed E-state index contributed by atoms with van der Waals surface area (Å²) in [5.74, 6) is -0.730. The lowest BCUT2D eigenvalue weighted by Gasteiger charge is -2.13. The molecule has 1 aromatic heterocycles. The first-order valence-corrected chi connectivity index (χ1v) is 7.59. The maximum Gasteiger partial charge on any atom is 0.234 e. The Balaban J connectivity index is 2.23. The lowest BCUT2D eigenvalue weighted by atomic mass is 9.91. The van der Waals surface area contributed by atoms with E-state index in [1.54, 1.807) is 6.26 Å². The van der Waals surface area contributed by atoms with E-state index < -0.39 is 5.92 Å². The number of nitrogens with one attached hydrogen (secondary N) is 1. The van der Waals surface area contributed by atoms with Gasteiger partial charge in [-0.2, -0.15) is 0 Å². The molecule has 1 atom stereocenters. The lowest BCUT2D eigenvalue weighted by molar-refractivity contribution is -0.126. The van der Waals surface area contributed by atoms with Crippen LogP contribution in [0.15, 0.2) is 41.0 Å². The summed E-state index contributed by atoms with van der Waals surface area (Å²) in [7, 11) is 0. The fourth-order valence-electron chi connectivity index (χ4n) is 3.04. The second-order valence-electron chi connectivity index (χ2n) is 5.58. The molecule has 0 fully saturated rings. The van der Waals surface area contributed by atoms with Crippen LogP contribution in [-0.4, -0.2) is 12.3 Å². The summed E-state index contributed by atoms with van der Waals surface area (Å²) in [5.41, 5.74) is 8.06. The van der Waals surface area contributed by atoms with Crippen LogP contribution >= 0.6 is 0 Å². The van der Waals surface area contributed by atoms with E-state index in [0.717, 1.165) is 33.7 Å². The largest absolute Gasteiger partial charge is 0.464 e. The topological polar surface area (TPSA) is 85.3 Å². The number of amides is 2. The number of carbonyl (C=O) groups excluding carboxylic acids is 2. The first-order valence-electron chi connectivity index (χ1n) is 7.59. The van der Waals surface area contributed by atoms with Crippen LogP contribution in [0.4, 0.5) is 5.69 Å². The summed E-state index contributed by atoms with van der Waals surface area (Å²) in [6.45, 7) is 2.00. The van der Waals surface area contributed by atoms with E-state index in [1.165, 1.54) is 0 Å². The van der Waals surface area contributed by atoms with E-state index >= 15 is 0 Å². The summed E-state index contributed by atoms with van der Waals surface area (Å²) < 4.78 is 5.64. The first kappa shape index (κ1) is 15.1. The van der Waals surface area contributed by atoms with Gasteiger partial charge in [-0.25, -0.2) is 0 Å². The zero-order valence-corrected chi connectivity index (χ0v) is 12.8. The summed E-state index contributed by atoms with van der Waals surface area (Å²) in [4.78, 5) is 22.9. The van der Waals surface area contributed by atoms with E-state index in [4.69, 9.17) is 10.2 Å². The molecule has 0 aliphatic rings. The Bertz CT molecular complexity index is 882. The molecule has 1 unspecified atom stereocenters. The van der Waals surface area contributed by atoms with Gasteiger partial charge in [0.1, 0.15) is 5.58 Å². The molecule has 5 nitrogen and oxygen atoms in total. The van der Waals surface area contributed by atoms with Crippen molar-refractivity contribution >= 4 is 39.7 Å². The number of hydrogen-bond acceptors (Lipinski definition) is 4. The van der Waals surface area contributed by atoms with Gasteiger partial charge in [-0.1, -0.05) is 25.5 Å². The van der Waals surface area contributed by atoms with E-state index in [1.807, 2.05) is 37.3 Å². The number of hydrogen-bond donors (Lipinski definition) is 2. The van der Waals surface area contributed by atoms with Crippen molar-refractivity contribution < 1.29 is 14.0 Å². The van der Waals surface area contributed by atoms with Crippen molar-refractivity contribution in [2.75, 3.05) is 5.73 Å². The quantitative estimate of drug-likeness (QED) is 0.559. The number of benzene rings is 2. The minimum atomic E-state index is -0.422. The van der Waals surface area contributed by atoms with Crippen molar-refractivity contribution in [3.8, 4) is 0 Å². The number of imide groups is 1. The van der Waals surface area contributed by atoms with Gasteiger partial charge in [0.15, 0.2) is 0 Å². The van der Waals surface area contributed by atoms with Crippen molar-refractivity contribution in [1.29, 1.82) is 0 Å². The van der Waals surface area contributed by atoms with Gasteiger partial charge in [-0.05, 0) is 35.4 Å². The monoisotopic (exact) mass is 310 g/mol. The van der Waals surface area contributed by atoms with Crippen LogP contribution in [-0.2, 0) is 9.59 Å². The molecular weight excluding hydrogens is 292 g/mol. The predicted molar refractivity (Wildman–Crippen MR) is 90.0 cm³/mol. The van der Waals surface area contributed by atoms with Crippen molar-refractivity contribution in [2.45, 2.75) is 25.7 Å². The maximum atomic E-state index is 12.3. The molecule has 5 heteroatoms. The highest BCUT2D eigenvalue weighted by Crippen LogP contribution is 2.36. The second-order valence-corrected chi connectivity index (χ2v) is 5.58. The molecule has 2 aromatic carbocycles. The number of rotatable bonds is 5. The number of nitrogens with two attached hydrogens (primary N) is 1. The molecule has 0 saturated heterocycles. The fraction of sp³-hybridized carbons (Fsp3) is 0.222. The van der Waals surface area contributed by atoms with Gasteiger partial charge < -0.3 is 10.2 Å². The van der Waals surface area contributed by atoms with E-state index in [9.17, 15) is 9.59 Å². The Morgan fingerprint density at radius 3 is 2.91 bits per heavy atom. The third-order valence-electron chi connectivity index (χ3n) is 4.08. The molecule has 0 saturated carbocycles. The second kappa shape index (κ2) is 6.12. The van der Waals surface area contributed by atoms with Gasteiger partial charge in [0.25, 0.3) is 0 Å². The van der Waals surface area contributed by atoms with Gasteiger partial charge in [0.05, 0.1) is 12.2 Å². The number of anilines is 1. The zero-order valence-electron chi connectivity index (χ0n) is 12.8. The van der Waals surface area contributed by atoms with Gasteiger partial charge in [0.2, 0.25) is 12.3 Å². The van der Waals surface area contributed by atoms with E-state index in [-0.39, 0.29) is 5.91 Å². The highest BCUT2D eigenvalue weighted by Gasteiger charge is 2.24. The Labute approximate surface area is 133 Å². The Morgan fingerprint density at radius 1 is 1.35 bits per heavy atom. The van der Waals surface area contributed by atoms with Crippen LogP contribution in [0.5, 0.6) is 0 Å². The Kier molecular flexibility index (Phi) is 4.02. The zero-order chi connectivity index (χ0) is 16.4. The van der Waals surface area contributed by atoms with Crippen molar-refractivity contribution in [1.82, 2.24) is 5.32 Å². The molecule has 0 aliphatic heterocycles. The average molecular weight is 310 g/mol. The number of carbonyl (C=O) groups is 2. The van der Waals surface area contributed by atoms with E-state index in [2.05, 4.69) is 5.32 Å². The van der Waals surface area contributed by atoms with Crippen LogP contribution in [0.25, 0.3) is 21.7 Å². The normalized spacial score (nSPS) is 12.4. The van der Waals surface area contributed by atoms with Crippen LogP contribution < -0.4 is 11.1 Å². The third kappa shape index (κ3) is 2.65. The van der Waals surface area contributed by atoms with Crippen molar-refractivity contribution in [3.63, 3.8) is 0 Å². The summed E-state index contributed by atoms with van der Waals surface area (Å²) in [6.07, 6.45) is 3.50. The standard InChI is InChI=1S/C18H18N2O3/c1-2-3-14(18(22)20-10-21)15-9-23-16-7-4-11-8-12(19)5-6-13(11)17(15)16/h4-10,14H,2-3,19H2,1H3,(H,20,21,22). The minimum absolute atomic E-state index is 0.308. The highest BCUT2D eigenvalue weighted by atomic mass is 16.3. The van der Waals surface area contributed by atoms with Gasteiger partial charge in [0, 0.05) is 16.6 Å². The van der Waals surface area contributed by atoms with Gasteiger partial charge in [-0.3, -0.25) is 14.9 Å². The molecule has 2 amide bonds. The number of fused-ring (bicyclic) bond motifs is 3. The molecule has 3 N–H and O–H groups in total. The summed E-state index contributed by atoms with van der Waals surface area (Å²) in [5, 5.41) is 5.14. The van der Waals surface area contributed by atoms with Crippen LogP contribution in [0.1, 0.15) is 31.2 Å². The molecule has 3 rings (SSSR count). The van der Waals surface area contributed by atoms with Crippen molar-refractivity contribution in [2.24, 2.45) is 0 Å². The SMILES string of the molecule is CCCC(C(=O)NC=O)c1coc2ccc3cc(N)ccc3c12. The molecule has 0 bridgehead atoms. The average Bonchev–Trinajstić information content (AvgIpc) is 2.96. The molecule has 118 valence electrons.